The minimum Gasteiger partial charge on any atom is -0.356 e. The van der Waals surface area contributed by atoms with E-state index in [1.807, 2.05) is 6.92 Å². The normalized spacial score (nSPS) is 26.3. The first-order chi connectivity index (χ1) is 7.22. The summed E-state index contributed by atoms with van der Waals surface area (Å²) in [7, 11) is 1.67. The lowest BCUT2D eigenvalue weighted by atomic mass is 10.1. The van der Waals surface area contributed by atoms with E-state index in [1.54, 1.807) is 7.11 Å². The summed E-state index contributed by atoms with van der Waals surface area (Å²) < 4.78 is 11.5. The molecule has 1 aliphatic carbocycles. The van der Waals surface area contributed by atoms with Crippen LogP contribution in [0.4, 0.5) is 0 Å². The van der Waals surface area contributed by atoms with E-state index in [1.165, 1.54) is 11.1 Å². The molecule has 15 heavy (non-hydrogen) atoms. The predicted molar refractivity (Wildman–Crippen MR) is 68.3 cm³/mol. The molecule has 0 bridgehead atoms. The van der Waals surface area contributed by atoms with Gasteiger partial charge < -0.3 is 9.47 Å². The van der Waals surface area contributed by atoms with Crippen molar-refractivity contribution in [1.29, 1.82) is 0 Å². The molecule has 1 aliphatic rings. The van der Waals surface area contributed by atoms with Gasteiger partial charge in [0.2, 0.25) is 0 Å². The average Bonchev–Trinajstić information content (AvgIpc) is 2.55. The molecular formula is C12H15IO2. The van der Waals surface area contributed by atoms with Crippen LogP contribution in [-0.2, 0) is 15.9 Å². The Kier molecular flexibility index (Phi) is 3.64. The van der Waals surface area contributed by atoms with Crippen molar-refractivity contribution in [1.82, 2.24) is 0 Å². The van der Waals surface area contributed by atoms with Gasteiger partial charge in [0.1, 0.15) is 0 Å². The Morgan fingerprint density at radius 2 is 2.13 bits per heavy atom. The summed E-state index contributed by atoms with van der Waals surface area (Å²) in [6.07, 6.45) is 1.13. The fourth-order valence-corrected chi connectivity index (χ4v) is 2.96. The Hall–Kier alpha value is -0.130. The maximum atomic E-state index is 5.87. The summed E-state index contributed by atoms with van der Waals surface area (Å²) in [5, 5.41) is 0. The van der Waals surface area contributed by atoms with Crippen LogP contribution in [0.3, 0.4) is 0 Å². The Labute approximate surface area is 104 Å². The third-order valence-electron chi connectivity index (χ3n) is 2.78. The van der Waals surface area contributed by atoms with Crippen LogP contribution >= 0.6 is 22.6 Å². The zero-order chi connectivity index (χ0) is 10.8. The topological polar surface area (TPSA) is 18.5 Å². The van der Waals surface area contributed by atoms with E-state index in [2.05, 4.69) is 46.9 Å². The zero-order valence-corrected chi connectivity index (χ0v) is 11.1. The maximum Gasteiger partial charge on any atom is 0.155 e. The van der Waals surface area contributed by atoms with E-state index in [4.69, 9.17) is 9.47 Å². The summed E-state index contributed by atoms with van der Waals surface area (Å²) in [6.45, 7) is 1.93. The van der Waals surface area contributed by atoms with Crippen LogP contribution in [0, 0.1) is 0 Å². The highest BCUT2D eigenvalue weighted by Gasteiger charge is 2.32. The van der Waals surface area contributed by atoms with Crippen molar-refractivity contribution in [3.05, 3.63) is 35.4 Å². The molecule has 0 amide bonds. The van der Waals surface area contributed by atoms with Gasteiger partial charge >= 0.3 is 0 Å². The van der Waals surface area contributed by atoms with Crippen LogP contribution in [0.25, 0.3) is 0 Å². The van der Waals surface area contributed by atoms with Gasteiger partial charge in [-0.3, -0.25) is 0 Å². The molecule has 1 aromatic carbocycles. The summed E-state index contributed by atoms with van der Waals surface area (Å²) >= 11 is 2.46. The Bertz CT molecular complexity index is 340. The van der Waals surface area contributed by atoms with Gasteiger partial charge in [-0.2, -0.15) is 0 Å². The molecule has 0 aromatic heterocycles. The lowest BCUT2D eigenvalue weighted by molar-refractivity contribution is -0.142. The number of hydrogen-bond acceptors (Lipinski definition) is 2. The number of benzene rings is 1. The molecule has 1 aromatic rings. The van der Waals surface area contributed by atoms with Gasteiger partial charge in [-0.1, -0.05) is 46.9 Å². The second-order valence-electron chi connectivity index (χ2n) is 3.78. The van der Waals surface area contributed by atoms with Crippen molar-refractivity contribution in [3.63, 3.8) is 0 Å². The first kappa shape index (κ1) is 11.4. The SMILES string of the molecule is COC(C)OC1c2ccccc2CC1I. The fraction of sp³-hybridized carbons (Fsp3) is 0.500. The van der Waals surface area contributed by atoms with Crippen molar-refractivity contribution in [2.45, 2.75) is 29.7 Å². The number of alkyl halides is 1. The summed E-state index contributed by atoms with van der Waals surface area (Å²) in [5.41, 5.74) is 2.73. The molecule has 3 atom stereocenters. The lowest BCUT2D eigenvalue weighted by Crippen LogP contribution is -2.18. The van der Waals surface area contributed by atoms with Crippen molar-refractivity contribution < 1.29 is 9.47 Å². The van der Waals surface area contributed by atoms with Crippen LogP contribution in [0.2, 0.25) is 0 Å². The van der Waals surface area contributed by atoms with Gasteiger partial charge in [0.15, 0.2) is 6.29 Å². The quantitative estimate of drug-likeness (QED) is 0.484. The monoisotopic (exact) mass is 318 g/mol. The van der Waals surface area contributed by atoms with E-state index >= 15 is 0 Å². The molecule has 0 saturated heterocycles. The van der Waals surface area contributed by atoms with Crippen molar-refractivity contribution in [3.8, 4) is 0 Å². The largest absolute Gasteiger partial charge is 0.356 e. The molecule has 0 saturated carbocycles. The number of ether oxygens (including phenoxy) is 2. The van der Waals surface area contributed by atoms with Crippen LogP contribution in [0.15, 0.2) is 24.3 Å². The van der Waals surface area contributed by atoms with Gasteiger partial charge in [0.25, 0.3) is 0 Å². The van der Waals surface area contributed by atoms with E-state index in [-0.39, 0.29) is 12.4 Å². The van der Waals surface area contributed by atoms with Gasteiger partial charge in [-0.15, -0.1) is 0 Å². The summed E-state index contributed by atoms with van der Waals surface area (Å²) in [6, 6.07) is 8.49. The standard InChI is InChI=1S/C12H15IO2/c1-8(14-2)15-12-10-6-4-3-5-9(10)7-11(12)13/h3-6,8,11-12H,7H2,1-2H3. The van der Waals surface area contributed by atoms with Gasteiger partial charge in [-0.05, 0) is 24.5 Å². The van der Waals surface area contributed by atoms with Crippen LogP contribution in [0.5, 0.6) is 0 Å². The van der Waals surface area contributed by atoms with E-state index in [0.717, 1.165) is 6.42 Å². The third kappa shape index (κ3) is 2.34. The molecule has 2 nitrogen and oxygen atoms in total. The van der Waals surface area contributed by atoms with E-state index in [9.17, 15) is 0 Å². The van der Waals surface area contributed by atoms with Crippen LogP contribution in [0.1, 0.15) is 24.2 Å². The Balaban J connectivity index is 2.18. The van der Waals surface area contributed by atoms with Gasteiger partial charge in [0.05, 0.1) is 6.10 Å². The zero-order valence-electron chi connectivity index (χ0n) is 8.94. The second-order valence-corrected chi connectivity index (χ2v) is 5.38. The fourth-order valence-electron chi connectivity index (χ4n) is 1.93. The molecule has 3 unspecified atom stereocenters. The minimum atomic E-state index is -0.140. The molecule has 0 N–H and O–H groups in total. The third-order valence-corrected chi connectivity index (χ3v) is 3.87. The molecular weight excluding hydrogens is 303 g/mol. The van der Waals surface area contributed by atoms with Gasteiger partial charge in [-0.25, -0.2) is 0 Å². The highest BCUT2D eigenvalue weighted by atomic mass is 127. The number of hydrogen-bond donors (Lipinski definition) is 0. The molecule has 0 fully saturated rings. The molecule has 0 radical (unpaired) electrons. The number of rotatable bonds is 3. The maximum absolute atomic E-state index is 5.87. The summed E-state index contributed by atoms with van der Waals surface area (Å²) in [5.74, 6) is 0. The lowest BCUT2D eigenvalue weighted by Gasteiger charge is -2.20. The number of fused-ring (bicyclic) bond motifs is 1. The molecule has 3 heteroatoms. The highest BCUT2D eigenvalue weighted by molar-refractivity contribution is 14.1. The van der Waals surface area contributed by atoms with Crippen molar-refractivity contribution in [2.24, 2.45) is 0 Å². The highest BCUT2D eigenvalue weighted by Crippen LogP contribution is 2.39. The molecule has 82 valence electrons. The van der Waals surface area contributed by atoms with E-state index in [0.29, 0.717) is 3.92 Å². The molecule has 0 heterocycles. The van der Waals surface area contributed by atoms with Crippen molar-refractivity contribution in [2.75, 3.05) is 7.11 Å². The first-order valence-electron chi connectivity index (χ1n) is 5.12. The number of halogens is 1. The number of methoxy groups -OCH3 is 1. The van der Waals surface area contributed by atoms with Crippen LogP contribution in [-0.4, -0.2) is 17.3 Å². The smallest absolute Gasteiger partial charge is 0.155 e. The second kappa shape index (κ2) is 4.80. The van der Waals surface area contributed by atoms with Gasteiger partial charge in [0, 0.05) is 11.0 Å². The Morgan fingerprint density at radius 1 is 1.40 bits per heavy atom. The van der Waals surface area contributed by atoms with E-state index < -0.39 is 0 Å². The summed E-state index contributed by atoms with van der Waals surface area (Å²) in [4.78, 5) is 0. The predicted octanol–water partition coefficient (Wildman–Crippen LogP) is 3.10. The van der Waals surface area contributed by atoms with Crippen LogP contribution < -0.4 is 0 Å². The molecule has 0 aliphatic heterocycles. The molecule has 2 rings (SSSR count). The molecule has 0 spiro atoms. The Morgan fingerprint density at radius 3 is 2.87 bits per heavy atom. The minimum absolute atomic E-state index is 0.140. The first-order valence-corrected chi connectivity index (χ1v) is 6.37. The van der Waals surface area contributed by atoms with Crippen molar-refractivity contribution >= 4 is 22.6 Å². The average molecular weight is 318 g/mol.